The van der Waals surface area contributed by atoms with Crippen molar-refractivity contribution >= 4 is 11.4 Å². The lowest BCUT2D eigenvalue weighted by molar-refractivity contribution is 0.431. The maximum Gasteiger partial charge on any atom is 0.150 e. The Labute approximate surface area is 179 Å². The Morgan fingerprint density at radius 2 is 0.867 bits per heavy atom. The topological polar surface area (TPSA) is 70.5 Å². The second-order valence-corrected chi connectivity index (χ2v) is 9.62. The third-order valence-electron chi connectivity index (χ3n) is 4.98. The van der Waals surface area contributed by atoms with Gasteiger partial charge in [0.15, 0.2) is 0 Å². The summed E-state index contributed by atoms with van der Waals surface area (Å²) in [7, 11) is 0. The first-order chi connectivity index (χ1) is 14.0. The van der Waals surface area contributed by atoms with Crippen LogP contribution in [0.3, 0.4) is 0 Å². The lowest BCUT2D eigenvalue weighted by Crippen LogP contribution is -2.17. The van der Waals surface area contributed by atoms with Gasteiger partial charge in [-0.3, -0.25) is 0 Å². The van der Waals surface area contributed by atoms with E-state index in [2.05, 4.69) is 53.7 Å². The van der Waals surface area contributed by atoms with Gasteiger partial charge in [0.25, 0.3) is 0 Å². The van der Waals surface area contributed by atoms with Crippen LogP contribution in [-0.4, -0.2) is 0 Å². The standard InChI is InChI=1S/C26H32N2O2/c1-25(2,3)17-15-24(30-22-14-10-8-12-20(22)28)18(26(4,5)6)16-23(17)29-21-13-9-7-11-19(21)27/h7-16H,27-28H2,1-6H3. The van der Waals surface area contributed by atoms with Gasteiger partial charge >= 0.3 is 0 Å². The summed E-state index contributed by atoms with van der Waals surface area (Å²) in [6.45, 7) is 12.9. The van der Waals surface area contributed by atoms with Gasteiger partial charge in [0, 0.05) is 11.1 Å². The summed E-state index contributed by atoms with van der Waals surface area (Å²) < 4.78 is 12.7. The van der Waals surface area contributed by atoms with Crippen LogP contribution in [0.4, 0.5) is 11.4 Å². The zero-order valence-electron chi connectivity index (χ0n) is 18.7. The average molecular weight is 405 g/mol. The SMILES string of the molecule is CC(C)(C)c1cc(Oc2ccccc2N)c(C(C)(C)C)cc1Oc1ccccc1N. The Morgan fingerprint density at radius 3 is 1.17 bits per heavy atom. The van der Waals surface area contributed by atoms with Crippen molar-refractivity contribution in [3.8, 4) is 23.0 Å². The number of rotatable bonds is 4. The van der Waals surface area contributed by atoms with Gasteiger partial charge in [-0.25, -0.2) is 0 Å². The summed E-state index contributed by atoms with van der Waals surface area (Å²) in [5, 5.41) is 0. The van der Waals surface area contributed by atoms with Crippen LogP contribution < -0.4 is 20.9 Å². The van der Waals surface area contributed by atoms with Gasteiger partial charge in [-0.05, 0) is 47.2 Å². The zero-order valence-corrected chi connectivity index (χ0v) is 18.7. The summed E-state index contributed by atoms with van der Waals surface area (Å²) >= 11 is 0. The molecule has 0 aliphatic heterocycles. The molecular formula is C26H32N2O2. The van der Waals surface area contributed by atoms with Gasteiger partial charge in [0.1, 0.15) is 23.0 Å². The van der Waals surface area contributed by atoms with Crippen LogP contribution in [0, 0.1) is 0 Å². The van der Waals surface area contributed by atoms with Crippen molar-refractivity contribution in [3.63, 3.8) is 0 Å². The van der Waals surface area contributed by atoms with E-state index in [4.69, 9.17) is 20.9 Å². The summed E-state index contributed by atoms with van der Waals surface area (Å²) in [5.74, 6) is 2.84. The van der Waals surface area contributed by atoms with E-state index in [-0.39, 0.29) is 10.8 Å². The van der Waals surface area contributed by atoms with Crippen LogP contribution >= 0.6 is 0 Å². The molecule has 3 aromatic rings. The van der Waals surface area contributed by atoms with E-state index in [1.54, 1.807) is 0 Å². The number of hydrogen-bond donors (Lipinski definition) is 2. The monoisotopic (exact) mass is 404 g/mol. The normalized spacial score (nSPS) is 11.9. The number of nitrogen functional groups attached to an aromatic ring is 2. The first kappa shape index (κ1) is 21.6. The molecule has 0 atom stereocenters. The first-order valence-electron chi connectivity index (χ1n) is 10.2. The minimum absolute atomic E-state index is 0.171. The second kappa shape index (κ2) is 7.94. The van der Waals surface area contributed by atoms with Crippen molar-refractivity contribution in [1.29, 1.82) is 0 Å². The highest BCUT2D eigenvalue weighted by molar-refractivity contribution is 5.59. The number of para-hydroxylation sites is 4. The molecule has 0 aliphatic carbocycles. The molecule has 0 amide bonds. The predicted octanol–water partition coefficient (Wildman–Crippen LogP) is 7.03. The van der Waals surface area contributed by atoms with E-state index in [9.17, 15) is 0 Å². The van der Waals surface area contributed by atoms with Gasteiger partial charge < -0.3 is 20.9 Å². The van der Waals surface area contributed by atoms with Crippen molar-refractivity contribution in [2.45, 2.75) is 52.4 Å². The quantitative estimate of drug-likeness (QED) is 0.458. The molecule has 0 spiro atoms. The van der Waals surface area contributed by atoms with Gasteiger partial charge in [-0.15, -0.1) is 0 Å². The van der Waals surface area contributed by atoms with E-state index in [1.165, 1.54) is 0 Å². The Kier molecular flexibility index (Phi) is 5.71. The largest absolute Gasteiger partial charge is 0.455 e. The maximum atomic E-state index is 6.33. The summed E-state index contributed by atoms with van der Waals surface area (Å²) in [5.41, 5.74) is 15.2. The Balaban J connectivity index is 2.18. The fourth-order valence-corrected chi connectivity index (χ4v) is 3.28. The third kappa shape index (κ3) is 4.70. The fourth-order valence-electron chi connectivity index (χ4n) is 3.28. The molecule has 0 aromatic heterocycles. The molecule has 0 saturated carbocycles. The lowest BCUT2D eigenvalue weighted by Gasteiger charge is -2.29. The van der Waals surface area contributed by atoms with Crippen molar-refractivity contribution in [2.24, 2.45) is 0 Å². The number of anilines is 2. The predicted molar refractivity (Wildman–Crippen MR) is 126 cm³/mol. The maximum absolute atomic E-state index is 6.33. The van der Waals surface area contributed by atoms with Crippen LogP contribution in [0.25, 0.3) is 0 Å². The summed E-state index contributed by atoms with van der Waals surface area (Å²) in [4.78, 5) is 0. The van der Waals surface area contributed by atoms with E-state index in [0.29, 0.717) is 22.9 Å². The van der Waals surface area contributed by atoms with E-state index >= 15 is 0 Å². The Hall–Kier alpha value is -3.14. The highest BCUT2D eigenvalue weighted by Gasteiger charge is 2.28. The van der Waals surface area contributed by atoms with E-state index in [0.717, 1.165) is 22.6 Å². The van der Waals surface area contributed by atoms with Crippen LogP contribution in [0.5, 0.6) is 23.0 Å². The van der Waals surface area contributed by atoms with Gasteiger partial charge in [-0.2, -0.15) is 0 Å². The molecular weight excluding hydrogens is 372 g/mol. The molecule has 158 valence electrons. The average Bonchev–Trinajstić information content (AvgIpc) is 2.64. The van der Waals surface area contributed by atoms with Crippen LogP contribution in [0.2, 0.25) is 0 Å². The van der Waals surface area contributed by atoms with Crippen molar-refractivity contribution in [3.05, 3.63) is 71.8 Å². The molecule has 0 bridgehead atoms. The summed E-state index contributed by atoms with van der Waals surface area (Å²) in [6, 6.07) is 19.2. The number of benzene rings is 3. The minimum Gasteiger partial charge on any atom is -0.455 e. The lowest BCUT2D eigenvalue weighted by atomic mass is 9.81. The summed E-state index contributed by atoms with van der Waals surface area (Å²) in [6.07, 6.45) is 0. The molecule has 0 heterocycles. The first-order valence-corrected chi connectivity index (χ1v) is 10.2. The molecule has 4 heteroatoms. The second-order valence-electron chi connectivity index (χ2n) is 9.62. The van der Waals surface area contributed by atoms with Crippen LogP contribution in [0.15, 0.2) is 60.7 Å². The molecule has 4 nitrogen and oxygen atoms in total. The van der Waals surface area contributed by atoms with E-state index < -0.39 is 0 Å². The molecule has 3 aromatic carbocycles. The Bertz CT molecular complexity index is 958. The smallest absolute Gasteiger partial charge is 0.150 e. The molecule has 0 aliphatic rings. The van der Waals surface area contributed by atoms with Crippen LogP contribution in [-0.2, 0) is 10.8 Å². The Morgan fingerprint density at radius 1 is 0.533 bits per heavy atom. The van der Waals surface area contributed by atoms with Gasteiger partial charge in [-0.1, -0.05) is 65.8 Å². The highest BCUT2D eigenvalue weighted by Crippen LogP contribution is 2.45. The van der Waals surface area contributed by atoms with E-state index in [1.807, 2.05) is 48.5 Å². The molecule has 4 N–H and O–H groups in total. The van der Waals surface area contributed by atoms with Crippen molar-refractivity contribution < 1.29 is 9.47 Å². The number of hydrogen-bond acceptors (Lipinski definition) is 4. The molecule has 0 fully saturated rings. The highest BCUT2D eigenvalue weighted by atomic mass is 16.5. The minimum atomic E-state index is -0.171. The number of ether oxygens (including phenoxy) is 2. The molecule has 30 heavy (non-hydrogen) atoms. The molecule has 0 unspecified atom stereocenters. The van der Waals surface area contributed by atoms with Gasteiger partial charge in [0.05, 0.1) is 11.4 Å². The molecule has 0 saturated heterocycles. The third-order valence-corrected chi connectivity index (χ3v) is 4.98. The zero-order chi connectivity index (χ0) is 22.1. The van der Waals surface area contributed by atoms with Gasteiger partial charge in [0.2, 0.25) is 0 Å². The van der Waals surface area contributed by atoms with Crippen molar-refractivity contribution in [1.82, 2.24) is 0 Å². The fraction of sp³-hybridized carbons (Fsp3) is 0.308. The molecule has 0 radical (unpaired) electrons. The number of nitrogens with two attached hydrogens (primary N) is 2. The van der Waals surface area contributed by atoms with Crippen LogP contribution in [0.1, 0.15) is 52.7 Å². The van der Waals surface area contributed by atoms with Crippen molar-refractivity contribution in [2.75, 3.05) is 11.5 Å². The molecule has 3 rings (SSSR count).